The zero-order valence-electron chi connectivity index (χ0n) is 22.5. The zero-order chi connectivity index (χ0) is 29.4. The van der Waals surface area contributed by atoms with Crippen LogP contribution in [0.5, 0.6) is 0 Å². The number of carbonyl (C=O) groups excluding carboxylic acids is 2. The number of ether oxygens (including phenoxy) is 1. The van der Waals surface area contributed by atoms with Crippen molar-refractivity contribution in [1.29, 1.82) is 0 Å². The molecule has 8 nitrogen and oxygen atoms in total. The van der Waals surface area contributed by atoms with E-state index in [0.29, 0.717) is 61.0 Å². The largest absolute Gasteiger partial charge is 0.416 e. The first kappa shape index (κ1) is 29.6. The number of rotatable bonds is 9. The SMILES string of the molecule is CCN(C(=O)C(Nc1ccc(C(F)(F)F)cc1)c1ccc(C=CC(=O)Nc2ccccc2N)cc1)N1CCOCC1. The first-order valence-corrected chi connectivity index (χ1v) is 13.2. The summed E-state index contributed by atoms with van der Waals surface area (Å²) in [5, 5.41) is 9.40. The molecule has 0 aromatic heterocycles. The molecule has 4 rings (SSSR count). The Morgan fingerprint density at radius 2 is 1.68 bits per heavy atom. The van der Waals surface area contributed by atoms with Gasteiger partial charge < -0.3 is 21.1 Å². The van der Waals surface area contributed by atoms with Gasteiger partial charge in [0.2, 0.25) is 5.91 Å². The van der Waals surface area contributed by atoms with Gasteiger partial charge in [0, 0.05) is 31.4 Å². The number of nitrogens with zero attached hydrogens (tertiary/aromatic N) is 2. The highest BCUT2D eigenvalue weighted by atomic mass is 19.4. The van der Waals surface area contributed by atoms with Crippen LogP contribution < -0.4 is 16.4 Å². The topological polar surface area (TPSA) is 99.9 Å². The Morgan fingerprint density at radius 1 is 1.02 bits per heavy atom. The summed E-state index contributed by atoms with van der Waals surface area (Å²) in [6.07, 6.45) is -1.46. The Kier molecular flexibility index (Phi) is 9.64. The number of carbonyl (C=O) groups is 2. The molecule has 1 unspecified atom stereocenters. The molecule has 0 radical (unpaired) electrons. The van der Waals surface area contributed by atoms with Gasteiger partial charge >= 0.3 is 6.18 Å². The van der Waals surface area contributed by atoms with Crippen molar-refractivity contribution in [1.82, 2.24) is 10.0 Å². The van der Waals surface area contributed by atoms with Crippen molar-refractivity contribution >= 4 is 35.0 Å². The fourth-order valence-electron chi connectivity index (χ4n) is 4.41. The van der Waals surface area contributed by atoms with E-state index in [4.69, 9.17) is 10.5 Å². The Bertz CT molecular complexity index is 1360. The number of halogens is 3. The molecular weight excluding hydrogens is 535 g/mol. The lowest BCUT2D eigenvalue weighted by Gasteiger charge is -2.38. The van der Waals surface area contributed by atoms with Gasteiger partial charge in [-0.1, -0.05) is 36.4 Å². The van der Waals surface area contributed by atoms with Crippen LogP contribution in [0.25, 0.3) is 6.08 Å². The summed E-state index contributed by atoms with van der Waals surface area (Å²) >= 11 is 0. The number of anilines is 3. The van der Waals surface area contributed by atoms with Crippen LogP contribution >= 0.6 is 0 Å². The third-order valence-corrected chi connectivity index (χ3v) is 6.57. The Hall–Kier alpha value is -4.35. The van der Waals surface area contributed by atoms with Gasteiger partial charge in [-0.2, -0.15) is 13.2 Å². The second kappa shape index (κ2) is 13.3. The first-order chi connectivity index (χ1) is 19.7. The summed E-state index contributed by atoms with van der Waals surface area (Å²) in [5.41, 5.74) is 7.75. The van der Waals surface area contributed by atoms with Crippen molar-refractivity contribution in [2.45, 2.75) is 19.1 Å². The van der Waals surface area contributed by atoms with E-state index >= 15 is 0 Å². The fourth-order valence-corrected chi connectivity index (χ4v) is 4.41. The summed E-state index contributed by atoms with van der Waals surface area (Å²) in [5.74, 6) is -0.606. The fraction of sp³-hybridized carbons (Fsp3) is 0.267. The highest BCUT2D eigenvalue weighted by molar-refractivity contribution is 6.03. The molecule has 1 atom stereocenters. The van der Waals surface area contributed by atoms with Crippen LogP contribution in [0.15, 0.2) is 78.9 Å². The zero-order valence-corrected chi connectivity index (χ0v) is 22.5. The lowest BCUT2D eigenvalue weighted by atomic mass is 10.0. The number of nitrogen functional groups attached to an aromatic ring is 1. The molecule has 0 aliphatic carbocycles. The molecule has 1 aliphatic heterocycles. The van der Waals surface area contributed by atoms with Gasteiger partial charge in [0.1, 0.15) is 6.04 Å². The van der Waals surface area contributed by atoms with E-state index in [1.54, 1.807) is 59.6 Å². The number of hydrogen-bond donors (Lipinski definition) is 3. The maximum atomic E-state index is 13.8. The molecule has 0 spiro atoms. The Morgan fingerprint density at radius 3 is 2.29 bits per heavy atom. The molecule has 3 aromatic carbocycles. The minimum Gasteiger partial charge on any atom is -0.397 e. The predicted molar refractivity (Wildman–Crippen MR) is 153 cm³/mol. The number of amides is 2. The monoisotopic (exact) mass is 567 g/mol. The number of nitrogens with one attached hydrogen (secondary N) is 2. The van der Waals surface area contributed by atoms with Crippen LogP contribution in [0.1, 0.15) is 29.7 Å². The van der Waals surface area contributed by atoms with E-state index in [-0.39, 0.29) is 11.8 Å². The number of hydrazine groups is 1. The van der Waals surface area contributed by atoms with Crippen LogP contribution in [-0.4, -0.2) is 54.7 Å². The number of benzene rings is 3. The van der Waals surface area contributed by atoms with Crippen LogP contribution in [0, 0.1) is 0 Å². The highest BCUT2D eigenvalue weighted by Crippen LogP contribution is 2.31. The van der Waals surface area contributed by atoms with Crippen molar-refractivity contribution < 1.29 is 27.5 Å². The van der Waals surface area contributed by atoms with Crippen molar-refractivity contribution in [3.63, 3.8) is 0 Å². The van der Waals surface area contributed by atoms with Crippen molar-refractivity contribution in [2.24, 2.45) is 0 Å². The molecule has 41 heavy (non-hydrogen) atoms. The molecule has 11 heteroatoms. The van der Waals surface area contributed by atoms with Crippen LogP contribution in [0.2, 0.25) is 0 Å². The molecule has 4 N–H and O–H groups in total. The van der Waals surface area contributed by atoms with Gasteiger partial charge in [0.05, 0.1) is 30.2 Å². The van der Waals surface area contributed by atoms with Gasteiger partial charge in [0.25, 0.3) is 5.91 Å². The summed E-state index contributed by atoms with van der Waals surface area (Å²) in [6.45, 7) is 4.36. The summed E-state index contributed by atoms with van der Waals surface area (Å²) in [6, 6.07) is 17.6. The summed E-state index contributed by atoms with van der Waals surface area (Å²) in [4.78, 5) is 26.2. The van der Waals surface area contributed by atoms with Gasteiger partial charge in [-0.3, -0.25) is 14.6 Å². The van der Waals surface area contributed by atoms with Gasteiger partial charge in [-0.25, -0.2) is 5.01 Å². The van der Waals surface area contributed by atoms with Crippen molar-refractivity contribution in [2.75, 3.05) is 49.2 Å². The number of morpholine rings is 1. The van der Waals surface area contributed by atoms with E-state index in [2.05, 4.69) is 10.6 Å². The quantitative estimate of drug-likeness (QED) is 0.243. The second-order valence-electron chi connectivity index (χ2n) is 9.35. The van der Waals surface area contributed by atoms with Crippen molar-refractivity contribution in [3.8, 4) is 0 Å². The predicted octanol–water partition coefficient (Wildman–Crippen LogP) is 5.19. The van der Waals surface area contributed by atoms with Gasteiger partial charge in [-0.15, -0.1) is 0 Å². The molecular formula is C30H32F3N5O3. The molecule has 0 bridgehead atoms. The van der Waals surface area contributed by atoms with Crippen molar-refractivity contribution in [3.05, 3.63) is 95.6 Å². The van der Waals surface area contributed by atoms with E-state index in [9.17, 15) is 22.8 Å². The Labute approximate surface area is 236 Å². The number of alkyl halides is 3. The van der Waals surface area contributed by atoms with Gasteiger partial charge in [0.15, 0.2) is 0 Å². The third-order valence-electron chi connectivity index (χ3n) is 6.57. The molecule has 3 aromatic rings. The molecule has 1 fully saturated rings. The minimum atomic E-state index is -4.46. The molecule has 0 saturated carbocycles. The standard InChI is InChI=1S/C30H32F3N5O3/c1-2-38(37-17-19-41-20-18-37)29(40)28(35-24-14-12-23(13-15-24)30(31,32)33)22-10-7-21(8-11-22)9-16-27(39)36-26-6-4-3-5-25(26)34/h3-16,28,35H,2,17-20,34H2,1H3,(H,36,39). The molecule has 216 valence electrons. The van der Waals surface area contributed by atoms with Gasteiger partial charge in [-0.05, 0) is 60.5 Å². The summed E-state index contributed by atoms with van der Waals surface area (Å²) < 4.78 is 44.6. The number of para-hydroxylation sites is 2. The third kappa shape index (κ3) is 7.86. The molecule has 2 amide bonds. The minimum absolute atomic E-state index is 0.252. The average molecular weight is 568 g/mol. The molecule has 1 saturated heterocycles. The maximum absolute atomic E-state index is 13.8. The highest BCUT2D eigenvalue weighted by Gasteiger charge is 2.32. The number of likely N-dealkylation sites (N-methyl/N-ethyl adjacent to an activating group) is 1. The molecule has 1 heterocycles. The number of hydrogen-bond acceptors (Lipinski definition) is 6. The average Bonchev–Trinajstić information content (AvgIpc) is 2.97. The second-order valence-corrected chi connectivity index (χ2v) is 9.35. The maximum Gasteiger partial charge on any atom is 0.416 e. The van der Waals surface area contributed by atoms with Crippen LogP contribution in [0.3, 0.4) is 0 Å². The van der Waals surface area contributed by atoms with E-state index < -0.39 is 17.8 Å². The summed E-state index contributed by atoms with van der Waals surface area (Å²) in [7, 11) is 0. The number of nitrogens with two attached hydrogens (primary N) is 1. The smallest absolute Gasteiger partial charge is 0.397 e. The normalized spacial score (nSPS) is 14.9. The van der Waals surface area contributed by atoms with E-state index in [1.807, 2.05) is 11.9 Å². The van der Waals surface area contributed by atoms with Crippen LogP contribution in [0.4, 0.5) is 30.2 Å². The lowest BCUT2D eigenvalue weighted by Crippen LogP contribution is -2.53. The van der Waals surface area contributed by atoms with E-state index in [0.717, 1.165) is 12.1 Å². The van der Waals surface area contributed by atoms with E-state index in [1.165, 1.54) is 18.2 Å². The molecule has 1 aliphatic rings. The Balaban J connectivity index is 1.54. The lowest BCUT2D eigenvalue weighted by molar-refractivity contribution is -0.157. The van der Waals surface area contributed by atoms with Crippen LogP contribution in [-0.2, 0) is 20.5 Å². The first-order valence-electron chi connectivity index (χ1n) is 13.2.